The number of nitrogens with zero attached hydrogens (tertiary/aromatic N) is 2. The number of aryl methyl sites for hydroxylation is 1. The largest absolute Gasteiger partial charge is 0.457 e. The molecule has 21 heavy (non-hydrogen) atoms. The minimum absolute atomic E-state index is 0.0229. The van der Waals surface area contributed by atoms with Gasteiger partial charge < -0.3 is 4.74 Å². The van der Waals surface area contributed by atoms with E-state index < -0.39 is 10.9 Å². The number of nitro benzene ring substituents is 1. The van der Waals surface area contributed by atoms with E-state index in [1.165, 1.54) is 35.2 Å². The van der Waals surface area contributed by atoms with Gasteiger partial charge in [-0.25, -0.2) is 9.78 Å². The molecule has 0 saturated carbocycles. The summed E-state index contributed by atoms with van der Waals surface area (Å²) in [6, 6.07) is 2.94. The van der Waals surface area contributed by atoms with Crippen LogP contribution in [-0.2, 0) is 17.8 Å². The number of hydrogen-bond donors (Lipinski definition) is 0. The van der Waals surface area contributed by atoms with Crippen molar-refractivity contribution in [3.05, 3.63) is 44.4 Å². The first-order chi connectivity index (χ1) is 10.1. The number of carbonyl (C=O) groups excluding carboxylic acids is 1. The lowest BCUT2D eigenvalue weighted by Gasteiger charge is -2.02. The van der Waals surface area contributed by atoms with E-state index in [4.69, 9.17) is 4.74 Å². The third-order valence-electron chi connectivity index (χ3n) is 3.05. The molecule has 0 unspecified atom stereocenters. The minimum Gasteiger partial charge on any atom is -0.457 e. The fraction of sp³-hybridized carbons (Fsp3) is 0.231. The number of esters is 1. The summed E-state index contributed by atoms with van der Waals surface area (Å²) in [5.74, 6) is -0.435. The van der Waals surface area contributed by atoms with Crippen molar-refractivity contribution in [1.29, 1.82) is 0 Å². The monoisotopic (exact) mass is 322 g/mol. The molecular weight excluding hydrogens is 312 g/mol. The Morgan fingerprint density at radius 3 is 3.00 bits per heavy atom. The SMILES string of the molecule is CCc1csc(Sc2cc3c(cc2[N+](=O)[O-])COC3=O)n1. The summed E-state index contributed by atoms with van der Waals surface area (Å²) >= 11 is 2.64. The zero-order valence-corrected chi connectivity index (χ0v) is 12.6. The second kappa shape index (κ2) is 5.45. The fourth-order valence-electron chi connectivity index (χ4n) is 1.96. The highest BCUT2D eigenvalue weighted by molar-refractivity contribution is 8.01. The molecule has 1 aliphatic heterocycles. The Balaban J connectivity index is 2.01. The molecule has 0 bridgehead atoms. The molecule has 0 spiro atoms. The summed E-state index contributed by atoms with van der Waals surface area (Å²) < 4.78 is 5.62. The van der Waals surface area contributed by atoms with Gasteiger partial charge in [0, 0.05) is 17.0 Å². The average molecular weight is 322 g/mol. The van der Waals surface area contributed by atoms with Crippen molar-refractivity contribution in [3.8, 4) is 0 Å². The predicted octanol–water partition coefficient (Wildman–Crippen LogP) is 3.44. The number of fused-ring (bicyclic) bond motifs is 1. The van der Waals surface area contributed by atoms with Gasteiger partial charge >= 0.3 is 5.97 Å². The summed E-state index contributed by atoms with van der Waals surface area (Å²) in [4.78, 5) is 27.1. The first-order valence-corrected chi connectivity index (χ1v) is 7.88. The molecule has 2 aromatic rings. The first-order valence-electron chi connectivity index (χ1n) is 6.19. The van der Waals surface area contributed by atoms with Gasteiger partial charge in [-0.3, -0.25) is 10.1 Å². The molecule has 6 nitrogen and oxygen atoms in total. The molecule has 1 aliphatic rings. The number of carbonyl (C=O) groups is 1. The van der Waals surface area contributed by atoms with Crippen LogP contribution in [0.3, 0.4) is 0 Å². The smallest absolute Gasteiger partial charge is 0.338 e. The van der Waals surface area contributed by atoms with Crippen LogP contribution in [0.2, 0.25) is 0 Å². The van der Waals surface area contributed by atoms with E-state index in [1.807, 2.05) is 12.3 Å². The van der Waals surface area contributed by atoms with Crippen LogP contribution in [0, 0.1) is 10.1 Å². The molecule has 1 aromatic heterocycles. The summed E-state index contributed by atoms with van der Waals surface area (Å²) in [5, 5.41) is 13.1. The van der Waals surface area contributed by atoms with E-state index in [0.29, 0.717) is 16.0 Å². The Labute approximate surface area is 128 Å². The van der Waals surface area contributed by atoms with Crippen LogP contribution in [0.15, 0.2) is 26.7 Å². The summed E-state index contributed by atoms with van der Waals surface area (Å²) in [5.41, 5.74) is 1.89. The molecule has 1 aromatic carbocycles. The average Bonchev–Trinajstić information content (AvgIpc) is 3.05. The number of hydrogen-bond acceptors (Lipinski definition) is 7. The van der Waals surface area contributed by atoms with Gasteiger partial charge in [-0.15, -0.1) is 11.3 Å². The van der Waals surface area contributed by atoms with Crippen LogP contribution in [0.1, 0.15) is 28.5 Å². The van der Waals surface area contributed by atoms with E-state index in [0.717, 1.165) is 16.5 Å². The zero-order valence-electron chi connectivity index (χ0n) is 11.0. The molecule has 8 heteroatoms. The molecule has 0 saturated heterocycles. The summed E-state index contributed by atoms with van der Waals surface area (Å²) in [6.07, 6.45) is 0.815. The molecule has 0 fully saturated rings. The van der Waals surface area contributed by atoms with Gasteiger partial charge in [0.15, 0.2) is 4.34 Å². The van der Waals surface area contributed by atoms with Crippen LogP contribution in [0.25, 0.3) is 0 Å². The Kier molecular flexibility index (Phi) is 3.64. The van der Waals surface area contributed by atoms with Crippen LogP contribution in [-0.4, -0.2) is 15.9 Å². The highest BCUT2D eigenvalue weighted by Crippen LogP contribution is 2.39. The highest BCUT2D eigenvalue weighted by atomic mass is 32.2. The van der Waals surface area contributed by atoms with Gasteiger partial charge in [-0.1, -0.05) is 18.7 Å². The number of nitro groups is 1. The molecule has 0 N–H and O–H groups in total. The summed E-state index contributed by atoms with van der Waals surface area (Å²) in [6.45, 7) is 2.09. The van der Waals surface area contributed by atoms with Gasteiger partial charge in [0.2, 0.25) is 0 Å². The normalized spacial score (nSPS) is 13.1. The number of thiazole rings is 1. The maximum absolute atomic E-state index is 11.6. The van der Waals surface area contributed by atoms with Crippen molar-refractivity contribution in [2.45, 2.75) is 29.2 Å². The van der Waals surface area contributed by atoms with Crippen molar-refractivity contribution < 1.29 is 14.5 Å². The lowest BCUT2D eigenvalue weighted by molar-refractivity contribution is -0.387. The van der Waals surface area contributed by atoms with Gasteiger partial charge in [-0.2, -0.15) is 0 Å². The molecule has 0 atom stereocenters. The third kappa shape index (κ3) is 2.64. The molecule has 108 valence electrons. The second-order valence-electron chi connectivity index (χ2n) is 4.37. The highest BCUT2D eigenvalue weighted by Gasteiger charge is 2.27. The van der Waals surface area contributed by atoms with Crippen molar-refractivity contribution in [1.82, 2.24) is 4.98 Å². The maximum atomic E-state index is 11.6. The first kappa shape index (κ1) is 14.0. The van der Waals surface area contributed by atoms with E-state index in [2.05, 4.69) is 4.98 Å². The van der Waals surface area contributed by atoms with Crippen LogP contribution >= 0.6 is 23.1 Å². The van der Waals surface area contributed by atoms with Gasteiger partial charge in [0.25, 0.3) is 5.69 Å². The topological polar surface area (TPSA) is 82.3 Å². The Hall–Kier alpha value is -1.93. The molecule has 0 amide bonds. The van der Waals surface area contributed by atoms with Crippen LogP contribution in [0.4, 0.5) is 5.69 Å². The lowest BCUT2D eigenvalue weighted by Crippen LogP contribution is -1.97. The van der Waals surface area contributed by atoms with E-state index in [9.17, 15) is 14.9 Å². The van der Waals surface area contributed by atoms with Gasteiger partial charge in [0.1, 0.15) is 6.61 Å². The number of ether oxygens (including phenoxy) is 1. The number of cyclic esters (lactones) is 1. The number of rotatable bonds is 4. The third-order valence-corrected chi connectivity index (χ3v) is 5.08. The molecule has 0 radical (unpaired) electrons. The van der Waals surface area contributed by atoms with E-state index in [-0.39, 0.29) is 12.3 Å². The van der Waals surface area contributed by atoms with Crippen molar-refractivity contribution >= 4 is 34.8 Å². The second-order valence-corrected chi connectivity index (χ2v) is 6.52. The van der Waals surface area contributed by atoms with Crippen molar-refractivity contribution in [2.24, 2.45) is 0 Å². The van der Waals surface area contributed by atoms with E-state index >= 15 is 0 Å². The summed E-state index contributed by atoms with van der Waals surface area (Å²) in [7, 11) is 0. The van der Waals surface area contributed by atoms with Gasteiger partial charge in [0.05, 0.1) is 21.1 Å². The minimum atomic E-state index is -0.445. The maximum Gasteiger partial charge on any atom is 0.338 e. The number of aromatic nitrogens is 1. The Morgan fingerprint density at radius 2 is 2.33 bits per heavy atom. The Bertz CT molecular complexity index is 742. The quantitative estimate of drug-likeness (QED) is 0.487. The van der Waals surface area contributed by atoms with Gasteiger partial charge in [-0.05, 0) is 12.5 Å². The fourth-order valence-corrected chi connectivity index (χ4v) is 3.96. The molecular formula is C13H10N2O4S2. The van der Waals surface area contributed by atoms with E-state index in [1.54, 1.807) is 0 Å². The zero-order chi connectivity index (χ0) is 15.0. The van der Waals surface area contributed by atoms with Crippen LogP contribution < -0.4 is 0 Å². The molecule has 0 aliphatic carbocycles. The van der Waals surface area contributed by atoms with Crippen molar-refractivity contribution in [3.63, 3.8) is 0 Å². The molecule has 2 heterocycles. The predicted molar refractivity (Wildman–Crippen MR) is 77.8 cm³/mol. The Morgan fingerprint density at radius 1 is 1.52 bits per heavy atom. The number of benzene rings is 1. The van der Waals surface area contributed by atoms with Crippen LogP contribution in [0.5, 0.6) is 0 Å². The van der Waals surface area contributed by atoms with Crippen molar-refractivity contribution in [2.75, 3.05) is 0 Å². The lowest BCUT2D eigenvalue weighted by atomic mass is 10.1. The standard InChI is InChI=1S/C13H10N2O4S2/c1-2-8-6-20-13(14-8)21-11-4-9-7(5-19-12(9)16)3-10(11)15(17)18/h3-4,6H,2,5H2,1H3. The molecule has 3 rings (SSSR count).